The summed E-state index contributed by atoms with van der Waals surface area (Å²) in [6, 6.07) is 10.4. The Labute approximate surface area is 193 Å². The van der Waals surface area contributed by atoms with Gasteiger partial charge in [-0.3, -0.25) is 4.79 Å². The van der Waals surface area contributed by atoms with Crippen molar-refractivity contribution in [1.82, 2.24) is 10.0 Å². The number of halogens is 5. The van der Waals surface area contributed by atoms with E-state index in [0.29, 0.717) is 5.02 Å². The van der Waals surface area contributed by atoms with Gasteiger partial charge in [0.25, 0.3) is 5.91 Å². The van der Waals surface area contributed by atoms with Crippen molar-refractivity contribution in [3.05, 3.63) is 58.1 Å². The summed E-state index contributed by atoms with van der Waals surface area (Å²) in [5.41, 5.74) is 0.869. The molecule has 0 aromatic heterocycles. The average Bonchev–Trinajstić information content (AvgIpc) is 2.60. The molecule has 0 aliphatic heterocycles. The molecule has 0 saturated carbocycles. The molecule has 6 nitrogen and oxygen atoms in total. The molecule has 0 bridgehead atoms. The van der Waals surface area contributed by atoms with Gasteiger partial charge >= 0.3 is 0 Å². The quantitative estimate of drug-likeness (QED) is 0.417. The Morgan fingerprint density at radius 3 is 2.28 bits per heavy atom. The second-order valence-electron chi connectivity index (χ2n) is 5.84. The largest absolute Gasteiger partial charge is 0.482 e. The summed E-state index contributed by atoms with van der Waals surface area (Å²) < 4.78 is 30.3. The van der Waals surface area contributed by atoms with Gasteiger partial charge in [-0.15, -0.1) is 0 Å². The van der Waals surface area contributed by atoms with Crippen LogP contribution in [0.15, 0.2) is 47.4 Å². The van der Waals surface area contributed by atoms with Crippen LogP contribution in [0.4, 0.5) is 0 Å². The van der Waals surface area contributed by atoms with E-state index in [1.54, 1.807) is 19.1 Å². The molecule has 29 heavy (non-hydrogen) atoms. The van der Waals surface area contributed by atoms with Crippen LogP contribution in [0.3, 0.4) is 0 Å². The number of alkyl halides is 3. The zero-order chi connectivity index (χ0) is 21.8. The van der Waals surface area contributed by atoms with Gasteiger partial charge in [0.1, 0.15) is 11.9 Å². The minimum atomic E-state index is -4.08. The standard InChI is InChI=1S/C17H15Cl5N2O4S/c1-10-2-5-12(6-3-10)29(26,27)24-16(17(20,21)22)23-15(25)9-28-14-7-4-11(18)8-13(14)19/h2-8,16,24H,9H2,1H3,(H,23,25)/t16-/m1/s1. The number of sulfonamides is 1. The Bertz CT molecular complexity index is 978. The monoisotopic (exact) mass is 518 g/mol. The first kappa shape index (κ1) is 24.3. The van der Waals surface area contributed by atoms with Gasteiger partial charge in [0.2, 0.25) is 13.8 Å². The molecule has 2 aromatic rings. The molecule has 0 unspecified atom stereocenters. The van der Waals surface area contributed by atoms with Crippen molar-refractivity contribution in [2.24, 2.45) is 0 Å². The Hall–Kier alpha value is -0.930. The van der Waals surface area contributed by atoms with Gasteiger partial charge in [-0.2, -0.15) is 4.72 Å². The number of hydrogen-bond acceptors (Lipinski definition) is 4. The topological polar surface area (TPSA) is 84.5 Å². The van der Waals surface area contributed by atoms with Crippen molar-refractivity contribution in [2.75, 3.05) is 6.61 Å². The van der Waals surface area contributed by atoms with E-state index in [2.05, 4.69) is 10.0 Å². The lowest BCUT2D eigenvalue weighted by Gasteiger charge is -2.26. The summed E-state index contributed by atoms with van der Waals surface area (Å²) in [5.74, 6) is -0.546. The van der Waals surface area contributed by atoms with Crippen LogP contribution in [0, 0.1) is 6.92 Å². The summed E-state index contributed by atoms with van der Waals surface area (Å²) in [7, 11) is -4.08. The first-order valence-electron chi connectivity index (χ1n) is 7.91. The van der Waals surface area contributed by atoms with Gasteiger partial charge < -0.3 is 10.1 Å². The Balaban J connectivity index is 2.08. The predicted octanol–water partition coefficient (Wildman–Crippen LogP) is 4.47. The maximum atomic E-state index is 12.5. The van der Waals surface area contributed by atoms with Gasteiger partial charge in [0.05, 0.1) is 9.92 Å². The van der Waals surface area contributed by atoms with Gasteiger partial charge in [-0.05, 0) is 37.3 Å². The van der Waals surface area contributed by atoms with E-state index in [9.17, 15) is 13.2 Å². The molecule has 2 aromatic carbocycles. The van der Waals surface area contributed by atoms with Crippen LogP contribution < -0.4 is 14.8 Å². The zero-order valence-corrected chi connectivity index (χ0v) is 19.4. The number of amides is 1. The first-order valence-corrected chi connectivity index (χ1v) is 11.3. The molecule has 0 fully saturated rings. The first-order chi connectivity index (χ1) is 13.4. The van der Waals surface area contributed by atoms with Crippen molar-refractivity contribution in [2.45, 2.75) is 21.8 Å². The molecule has 0 aliphatic carbocycles. The lowest BCUT2D eigenvalue weighted by Crippen LogP contribution is -2.56. The number of aryl methyl sites for hydroxylation is 1. The van der Waals surface area contributed by atoms with E-state index >= 15 is 0 Å². The second kappa shape index (κ2) is 9.92. The zero-order valence-electron chi connectivity index (χ0n) is 14.8. The molecule has 12 heteroatoms. The third kappa shape index (κ3) is 7.36. The number of rotatable bonds is 7. The summed E-state index contributed by atoms with van der Waals surface area (Å²) in [4.78, 5) is 12.1. The van der Waals surface area contributed by atoms with E-state index in [1.807, 2.05) is 0 Å². The van der Waals surface area contributed by atoms with Crippen molar-refractivity contribution < 1.29 is 17.9 Å². The molecule has 1 atom stereocenters. The Morgan fingerprint density at radius 1 is 1.10 bits per heavy atom. The Kier molecular flexibility index (Phi) is 8.32. The van der Waals surface area contributed by atoms with Crippen molar-refractivity contribution >= 4 is 73.9 Å². The summed E-state index contributed by atoms with van der Waals surface area (Å²) in [6.07, 6.45) is -1.56. The minimum Gasteiger partial charge on any atom is -0.482 e. The molecule has 2 rings (SSSR count). The number of benzene rings is 2. The SMILES string of the molecule is Cc1ccc(S(=O)(=O)N[C@@H](NC(=O)COc2ccc(Cl)cc2Cl)C(Cl)(Cl)Cl)cc1. The highest BCUT2D eigenvalue weighted by Gasteiger charge is 2.37. The molecule has 0 heterocycles. The summed E-state index contributed by atoms with van der Waals surface area (Å²) >= 11 is 29.3. The predicted molar refractivity (Wildman–Crippen MR) is 116 cm³/mol. The van der Waals surface area contributed by atoms with Gasteiger partial charge in [-0.1, -0.05) is 75.7 Å². The van der Waals surface area contributed by atoms with Crippen LogP contribution in [0.5, 0.6) is 5.75 Å². The highest BCUT2D eigenvalue weighted by Crippen LogP contribution is 2.30. The molecule has 1 amide bonds. The number of hydrogen-bond donors (Lipinski definition) is 2. The highest BCUT2D eigenvalue weighted by atomic mass is 35.6. The van der Waals surface area contributed by atoms with E-state index in [4.69, 9.17) is 62.7 Å². The number of ether oxygens (including phenoxy) is 1. The number of carbonyl (C=O) groups is 1. The van der Waals surface area contributed by atoms with Crippen LogP contribution in [-0.2, 0) is 14.8 Å². The summed E-state index contributed by atoms with van der Waals surface area (Å²) in [5, 5.41) is 2.87. The van der Waals surface area contributed by atoms with Crippen molar-refractivity contribution in [3.8, 4) is 5.75 Å². The Morgan fingerprint density at radius 2 is 1.72 bits per heavy atom. The van der Waals surface area contributed by atoms with Gasteiger partial charge in [0, 0.05) is 5.02 Å². The fourth-order valence-corrected chi connectivity index (χ4v) is 4.22. The third-order valence-corrected chi connectivity index (χ3v) is 6.11. The molecule has 0 saturated heterocycles. The lowest BCUT2D eigenvalue weighted by molar-refractivity contribution is -0.123. The van der Waals surface area contributed by atoms with Crippen molar-refractivity contribution in [3.63, 3.8) is 0 Å². The molecule has 0 spiro atoms. The van der Waals surface area contributed by atoms with Crippen LogP contribution in [-0.4, -0.2) is 30.9 Å². The number of nitrogens with one attached hydrogen (secondary N) is 2. The van der Waals surface area contributed by atoms with Crippen LogP contribution in [0.25, 0.3) is 0 Å². The van der Waals surface area contributed by atoms with Crippen LogP contribution in [0.2, 0.25) is 10.0 Å². The molecule has 0 aliphatic rings. The van der Waals surface area contributed by atoms with Crippen LogP contribution in [0.1, 0.15) is 5.56 Å². The normalized spacial score (nSPS) is 13.0. The number of carbonyl (C=O) groups excluding carboxylic acids is 1. The fourth-order valence-electron chi connectivity index (χ4n) is 2.06. The fraction of sp³-hybridized carbons (Fsp3) is 0.235. The average molecular weight is 521 g/mol. The van der Waals surface area contributed by atoms with Gasteiger partial charge in [-0.25, -0.2) is 8.42 Å². The second-order valence-corrected chi connectivity index (χ2v) is 10.8. The smallest absolute Gasteiger partial charge is 0.259 e. The van der Waals surface area contributed by atoms with Crippen molar-refractivity contribution in [1.29, 1.82) is 0 Å². The van der Waals surface area contributed by atoms with Gasteiger partial charge in [0.15, 0.2) is 6.61 Å². The maximum absolute atomic E-state index is 12.5. The maximum Gasteiger partial charge on any atom is 0.259 e. The minimum absolute atomic E-state index is 0.0548. The lowest BCUT2D eigenvalue weighted by atomic mass is 10.2. The molecule has 158 valence electrons. The van der Waals surface area contributed by atoms with E-state index < -0.39 is 32.5 Å². The highest BCUT2D eigenvalue weighted by molar-refractivity contribution is 7.89. The molecule has 0 radical (unpaired) electrons. The summed E-state index contributed by atoms with van der Waals surface area (Å²) in [6.45, 7) is 1.30. The van der Waals surface area contributed by atoms with Crippen LogP contribution >= 0.6 is 58.0 Å². The van der Waals surface area contributed by atoms with E-state index in [0.717, 1.165) is 5.56 Å². The molecular weight excluding hydrogens is 506 g/mol. The molecular formula is C17H15Cl5N2O4S. The molecule has 2 N–H and O–H groups in total. The van der Waals surface area contributed by atoms with E-state index in [-0.39, 0.29) is 15.7 Å². The third-order valence-electron chi connectivity index (χ3n) is 3.49. The van der Waals surface area contributed by atoms with E-state index in [1.165, 1.54) is 30.3 Å².